The van der Waals surface area contributed by atoms with E-state index in [-0.39, 0.29) is 0 Å². The van der Waals surface area contributed by atoms with Crippen molar-refractivity contribution in [1.29, 1.82) is 0 Å². The van der Waals surface area contributed by atoms with Gasteiger partial charge in [-0.1, -0.05) is 37.3 Å². The van der Waals surface area contributed by atoms with Crippen molar-refractivity contribution in [3.63, 3.8) is 0 Å². The Balaban J connectivity index is 1.73. The zero-order chi connectivity index (χ0) is 13.8. The molecular weight excluding hydrogens is 246 g/mol. The van der Waals surface area contributed by atoms with Gasteiger partial charge in [0.25, 0.3) is 0 Å². The Morgan fingerprint density at radius 1 is 1.05 bits per heavy atom. The maximum atomic E-state index is 5.78. The molecule has 20 heavy (non-hydrogen) atoms. The number of rotatable bonds is 6. The van der Waals surface area contributed by atoms with Gasteiger partial charge in [0.1, 0.15) is 5.75 Å². The molecule has 3 rings (SSSR count). The summed E-state index contributed by atoms with van der Waals surface area (Å²) in [5, 5.41) is 3.36. The Kier molecular flexibility index (Phi) is 4.03. The van der Waals surface area contributed by atoms with Gasteiger partial charge < -0.3 is 10.1 Å². The van der Waals surface area contributed by atoms with Gasteiger partial charge in [-0.2, -0.15) is 0 Å². The number of hydrogen-bond acceptors (Lipinski definition) is 2. The molecule has 104 valence electrons. The van der Waals surface area contributed by atoms with Gasteiger partial charge in [-0.3, -0.25) is 0 Å². The molecule has 0 aromatic heterocycles. The van der Waals surface area contributed by atoms with Crippen LogP contribution in [0.25, 0.3) is 11.1 Å². The number of hydrogen-bond donors (Lipinski definition) is 1. The van der Waals surface area contributed by atoms with E-state index in [9.17, 15) is 0 Å². The lowest BCUT2D eigenvalue weighted by atomic mass is 10.0. The van der Waals surface area contributed by atoms with Crippen LogP contribution in [0.1, 0.15) is 25.3 Å². The summed E-state index contributed by atoms with van der Waals surface area (Å²) in [5.41, 5.74) is 3.83. The predicted octanol–water partition coefficient (Wildman–Crippen LogP) is 4.00. The van der Waals surface area contributed by atoms with Gasteiger partial charge in [0.2, 0.25) is 0 Å². The smallest absolute Gasteiger partial charge is 0.119 e. The quantitative estimate of drug-likeness (QED) is 0.854. The third kappa shape index (κ3) is 3.40. The van der Waals surface area contributed by atoms with Crippen LogP contribution < -0.4 is 10.1 Å². The highest BCUT2D eigenvalue weighted by molar-refractivity contribution is 5.64. The molecule has 0 spiro atoms. The summed E-state index contributed by atoms with van der Waals surface area (Å²) in [6, 6.07) is 17.1. The van der Waals surface area contributed by atoms with E-state index in [1.807, 2.05) is 0 Å². The summed E-state index contributed by atoms with van der Waals surface area (Å²) >= 11 is 0. The molecule has 2 aromatic rings. The standard InChI is InChI=1S/C18H21NO/c1-2-19-13-14-4-3-5-16(12-14)15-6-8-17(9-7-15)20-18-10-11-18/h3-9,12,18-19H,2,10-11,13H2,1H3. The van der Waals surface area contributed by atoms with Crippen LogP contribution in [0.2, 0.25) is 0 Å². The van der Waals surface area contributed by atoms with Crippen molar-refractivity contribution in [2.75, 3.05) is 6.54 Å². The Hall–Kier alpha value is -1.80. The van der Waals surface area contributed by atoms with Gasteiger partial charge in [0, 0.05) is 6.54 Å². The first-order valence-electron chi connectivity index (χ1n) is 7.42. The maximum absolute atomic E-state index is 5.78. The van der Waals surface area contributed by atoms with E-state index in [0.29, 0.717) is 6.10 Å². The SMILES string of the molecule is CCNCc1cccc(-c2ccc(OC3CC3)cc2)c1. The second-order valence-electron chi connectivity index (χ2n) is 5.32. The first-order valence-corrected chi connectivity index (χ1v) is 7.42. The van der Waals surface area contributed by atoms with E-state index in [2.05, 4.69) is 60.8 Å². The van der Waals surface area contributed by atoms with Crippen LogP contribution in [-0.2, 0) is 6.54 Å². The molecule has 1 N–H and O–H groups in total. The first-order chi connectivity index (χ1) is 9.85. The zero-order valence-corrected chi connectivity index (χ0v) is 11.9. The summed E-state index contributed by atoms with van der Waals surface area (Å²) in [7, 11) is 0. The summed E-state index contributed by atoms with van der Waals surface area (Å²) in [6.45, 7) is 4.05. The fraction of sp³-hybridized carbons (Fsp3) is 0.333. The third-order valence-electron chi connectivity index (χ3n) is 3.52. The average molecular weight is 267 g/mol. The van der Waals surface area contributed by atoms with Crippen molar-refractivity contribution in [1.82, 2.24) is 5.32 Å². The molecule has 0 radical (unpaired) electrons. The molecule has 1 aliphatic carbocycles. The molecule has 1 aliphatic rings. The molecule has 1 fully saturated rings. The van der Waals surface area contributed by atoms with Gasteiger partial charge in [-0.25, -0.2) is 0 Å². The summed E-state index contributed by atoms with van der Waals surface area (Å²) < 4.78 is 5.78. The Bertz CT molecular complexity index is 558. The van der Waals surface area contributed by atoms with Crippen LogP contribution in [0, 0.1) is 0 Å². The van der Waals surface area contributed by atoms with Gasteiger partial charge in [-0.15, -0.1) is 0 Å². The molecular formula is C18H21NO. The number of benzene rings is 2. The fourth-order valence-electron chi connectivity index (χ4n) is 2.23. The minimum absolute atomic E-state index is 0.462. The largest absolute Gasteiger partial charge is 0.490 e. The maximum Gasteiger partial charge on any atom is 0.119 e. The highest BCUT2D eigenvalue weighted by Gasteiger charge is 2.23. The minimum atomic E-state index is 0.462. The van der Waals surface area contributed by atoms with E-state index in [4.69, 9.17) is 4.74 Å². The van der Waals surface area contributed by atoms with Crippen molar-refractivity contribution in [2.45, 2.75) is 32.4 Å². The zero-order valence-electron chi connectivity index (χ0n) is 11.9. The van der Waals surface area contributed by atoms with Gasteiger partial charge in [0.15, 0.2) is 0 Å². The molecule has 2 aromatic carbocycles. The average Bonchev–Trinajstić information content (AvgIpc) is 3.30. The molecule has 2 heteroatoms. The normalized spacial score (nSPS) is 14.2. The van der Waals surface area contributed by atoms with Crippen molar-refractivity contribution in [3.05, 3.63) is 54.1 Å². The van der Waals surface area contributed by atoms with E-state index in [1.165, 1.54) is 29.5 Å². The summed E-state index contributed by atoms with van der Waals surface area (Å²) in [5.74, 6) is 0.986. The van der Waals surface area contributed by atoms with Crippen molar-refractivity contribution >= 4 is 0 Å². The lowest BCUT2D eigenvalue weighted by Gasteiger charge is -2.08. The third-order valence-corrected chi connectivity index (χ3v) is 3.52. The predicted molar refractivity (Wildman–Crippen MR) is 82.9 cm³/mol. The molecule has 2 nitrogen and oxygen atoms in total. The molecule has 0 atom stereocenters. The van der Waals surface area contributed by atoms with Crippen LogP contribution in [0.5, 0.6) is 5.75 Å². The van der Waals surface area contributed by atoms with Crippen LogP contribution in [-0.4, -0.2) is 12.6 Å². The molecule has 0 amide bonds. The Labute approximate surface area is 120 Å². The van der Waals surface area contributed by atoms with Crippen LogP contribution >= 0.6 is 0 Å². The number of nitrogens with one attached hydrogen (secondary N) is 1. The fourth-order valence-corrected chi connectivity index (χ4v) is 2.23. The van der Waals surface area contributed by atoms with Crippen molar-refractivity contribution in [3.8, 4) is 16.9 Å². The van der Waals surface area contributed by atoms with E-state index >= 15 is 0 Å². The Morgan fingerprint density at radius 3 is 2.55 bits per heavy atom. The van der Waals surface area contributed by atoms with Crippen molar-refractivity contribution in [2.24, 2.45) is 0 Å². The lowest BCUT2D eigenvalue weighted by molar-refractivity contribution is 0.303. The first kappa shape index (κ1) is 13.2. The minimum Gasteiger partial charge on any atom is -0.490 e. The van der Waals surface area contributed by atoms with E-state index < -0.39 is 0 Å². The Morgan fingerprint density at radius 2 is 1.85 bits per heavy atom. The summed E-state index contributed by atoms with van der Waals surface area (Å²) in [4.78, 5) is 0. The molecule has 1 saturated carbocycles. The molecule has 0 saturated heterocycles. The second-order valence-corrected chi connectivity index (χ2v) is 5.32. The van der Waals surface area contributed by atoms with Crippen LogP contribution in [0.3, 0.4) is 0 Å². The summed E-state index contributed by atoms with van der Waals surface area (Å²) in [6.07, 6.45) is 2.87. The molecule has 0 bridgehead atoms. The second kappa shape index (κ2) is 6.10. The molecule has 0 heterocycles. The van der Waals surface area contributed by atoms with E-state index in [1.54, 1.807) is 0 Å². The highest BCUT2D eigenvalue weighted by Crippen LogP contribution is 2.28. The van der Waals surface area contributed by atoms with Crippen LogP contribution in [0.4, 0.5) is 0 Å². The van der Waals surface area contributed by atoms with Gasteiger partial charge >= 0.3 is 0 Å². The van der Waals surface area contributed by atoms with Gasteiger partial charge in [0.05, 0.1) is 6.10 Å². The number of ether oxygens (including phenoxy) is 1. The van der Waals surface area contributed by atoms with Crippen molar-refractivity contribution < 1.29 is 4.74 Å². The van der Waals surface area contributed by atoms with E-state index in [0.717, 1.165) is 18.8 Å². The van der Waals surface area contributed by atoms with Crippen LogP contribution in [0.15, 0.2) is 48.5 Å². The topological polar surface area (TPSA) is 21.3 Å². The molecule has 0 aliphatic heterocycles. The monoisotopic (exact) mass is 267 g/mol. The van der Waals surface area contributed by atoms with Gasteiger partial charge in [-0.05, 0) is 54.3 Å². The highest BCUT2D eigenvalue weighted by atomic mass is 16.5. The molecule has 0 unspecified atom stereocenters. The lowest BCUT2D eigenvalue weighted by Crippen LogP contribution is -2.11.